The third kappa shape index (κ3) is 2.70. The molecule has 29 heavy (non-hydrogen) atoms. The first-order chi connectivity index (χ1) is 13.2. The minimum atomic E-state index is -0.892. The zero-order valence-electron chi connectivity index (χ0n) is 17.1. The van der Waals surface area contributed by atoms with Gasteiger partial charge >= 0.3 is 0 Å². The number of aromatic hydroxyl groups is 1. The Morgan fingerprint density at radius 2 is 2.07 bits per heavy atom. The Labute approximate surface area is 178 Å². The minimum absolute atomic E-state index is 0. The van der Waals surface area contributed by atoms with Gasteiger partial charge in [-0.3, -0.25) is 4.79 Å². The van der Waals surface area contributed by atoms with E-state index in [0.29, 0.717) is 12.8 Å². The number of allylic oxidation sites excluding steroid dienone is 1. The van der Waals surface area contributed by atoms with Gasteiger partial charge in [0.05, 0.1) is 25.7 Å². The highest BCUT2D eigenvalue weighted by atomic mass is 35.5. The molecule has 0 unspecified atom stereocenters. The first kappa shape index (κ1) is 20.7. The molecule has 1 amide bonds. The molecule has 1 aliphatic heterocycles. The van der Waals surface area contributed by atoms with Crippen LogP contribution in [0.5, 0.6) is 5.75 Å². The number of likely N-dealkylation sites (tertiary alicyclic amines) is 1. The number of aliphatic hydroxyl groups is 1. The summed E-state index contributed by atoms with van der Waals surface area (Å²) in [5, 5.41) is 23.4. The number of nitrogens with zero attached hydrogens (tertiary/aromatic N) is 1. The highest BCUT2D eigenvalue weighted by molar-refractivity contribution is 5.96. The summed E-state index contributed by atoms with van der Waals surface area (Å²) in [5.74, 6) is 0.142. The largest absolute Gasteiger partial charge is 1.00 e. The van der Waals surface area contributed by atoms with Gasteiger partial charge in [0.1, 0.15) is 17.4 Å². The van der Waals surface area contributed by atoms with Gasteiger partial charge in [-0.15, -0.1) is 0 Å². The van der Waals surface area contributed by atoms with Gasteiger partial charge in [0, 0.05) is 29.7 Å². The maximum absolute atomic E-state index is 12.3. The van der Waals surface area contributed by atoms with E-state index in [4.69, 9.17) is 5.73 Å². The molecule has 1 heterocycles. The van der Waals surface area contributed by atoms with Crippen molar-refractivity contribution < 1.29 is 31.9 Å². The standard InChI is InChI=1S/C23H30N2O3.ClH/c1-14-7-8-23(28)18-11-16-5-6-17(21(24)27)20(26)19(16)22(23,12-14)9-10-25(18,2)13-15-3-4-15;/h5-6,15,18,28H,1,3-4,7-13H2,2H3,(H2-,24,26,27);1H/t18-,22-,23-,25-;/m1./s1. The predicted octanol–water partition coefficient (Wildman–Crippen LogP) is -0.611. The van der Waals surface area contributed by atoms with Crippen molar-refractivity contribution in [2.45, 2.75) is 62.0 Å². The summed E-state index contributed by atoms with van der Waals surface area (Å²) in [6.45, 7) is 6.36. The number of rotatable bonds is 3. The lowest BCUT2D eigenvalue weighted by Gasteiger charge is -2.65. The molecule has 6 heteroatoms. The molecule has 0 spiro atoms. The van der Waals surface area contributed by atoms with Crippen molar-refractivity contribution in [1.82, 2.24) is 0 Å². The summed E-state index contributed by atoms with van der Waals surface area (Å²) >= 11 is 0. The number of likely N-dealkylation sites (N-methyl/N-ethyl adjacent to an activating group) is 1. The smallest absolute Gasteiger partial charge is 0.252 e. The lowest BCUT2D eigenvalue weighted by Crippen LogP contribution is -3.00. The van der Waals surface area contributed by atoms with Crippen LogP contribution in [0.4, 0.5) is 0 Å². The predicted molar refractivity (Wildman–Crippen MR) is 107 cm³/mol. The Morgan fingerprint density at radius 1 is 1.34 bits per heavy atom. The van der Waals surface area contributed by atoms with E-state index in [9.17, 15) is 15.0 Å². The molecule has 2 saturated carbocycles. The van der Waals surface area contributed by atoms with Gasteiger partial charge in [0.15, 0.2) is 0 Å². The summed E-state index contributed by atoms with van der Waals surface area (Å²) in [7, 11) is 2.32. The van der Waals surface area contributed by atoms with Crippen molar-refractivity contribution in [3.8, 4) is 5.75 Å². The van der Waals surface area contributed by atoms with Gasteiger partial charge in [0.25, 0.3) is 5.91 Å². The van der Waals surface area contributed by atoms with E-state index in [1.807, 2.05) is 6.07 Å². The third-order valence-corrected chi connectivity index (χ3v) is 8.39. The molecular formula is C23H31ClN2O3. The number of quaternary nitrogens is 1. The lowest BCUT2D eigenvalue weighted by molar-refractivity contribution is -0.950. The third-order valence-electron chi connectivity index (χ3n) is 8.39. The molecule has 158 valence electrons. The molecule has 5 nitrogen and oxygen atoms in total. The van der Waals surface area contributed by atoms with Gasteiger partial charge < -0.3 is 32.8 Å². The quantitative estimate of drug-likeness (QED) is 0.452. The van der Waals surface area contributed by atoms with Crippen LogP contribution in [0.3, 0.4) is 0 Å². The first-order valence-corrected chi connectivity index (χ1v) is 10.6. The van der Waals surface area contributed by atoms with Crippen LogP contribution in [-0.4, -0.2) is 52.4 Å². The number of halogens is 1. The maximum atomic E-state index is 12.3. The van der Waals surface area contributed by atoms with Crippen molar-refractivity contribution in [2.24, 2.45) is 11.7 Å². The number of primary amides is 1. The van der Waals surface area contributed by atoms with Crippen LogP contribution in [0.25, 0.3) is 0 Å². The summed E-state index contributed by atoms with van der Waals surface area (Å²) in [6.07, 6.45) is 6.31. The highest BCUT2D eigenvalue weighted by Crippen LogP contribution is 2.62. The fraction of sp³-hybridized carbons (Fsp3) is 0.609. The van der Waals surface area contributed by atoms with Gasteiger partial charge in [0.2, 0.25) is 0 Å². The molecule has 5 rings (SSSR count). The number of amides is 1. The summed E-state index contributed by atoms with van der Waals surface area (Å²) in [4.78, 5) is 11.9. The van der Waals surface area contributed by atoms with Gasteiger partial charge in [-0.25, -0.2) is 0 Å². The SMILES string of the molecule is C=C1CC[C@@]2(O)[C@H]3Cc4ccc(C(N)=O)c(O)c4[C@@]2(CC[N@+]3(C)CC2CC2)C1.[Cl-]. The molecule has 4 N–H and O–H groups in total. The molecule has 0 radical (unpaired) electrons. The van der Waals surface area contributed by atoms with E-state index in [-0.39, 0.29) is 29.8 Å². The van der Waals surface area contributed by atoms with Crippen molar-refractivity contribution in [1.29, 1.82) is 0 Å². The van der Waals surface area contributed by atoms with Crippen molar-refractivity contribution >= 4 is 5.91 Å². The van der Waals surface area contributed by atoms with Gasteiger partial charge in [-0.2, -0.15) is 0 Å². The monoisotopic (exact) mass is 418 g/mol. The van der Waals surface area contributed by atoms with Crippen molar-refractivity contribution in [3.63, 3.8) is 0 Å². The number of carbonyl (C=O) groups is 1. The molecule has 1 saturated heterocycles. The Morgan fingerprint density at radius 3 is 2.72 bits per heavy atom. The second-order valence-electron chi connectivity index (χ2n) is 10.1. The van der Waals surface area contributed by atoms with Crippen molar-refractivity contribution in [3.05, 3.63) is 41.0 Å². The number of hydrogen-bond acceptors (Lipinski definition) is 3. The van der Waals surface area contributed by atoms with Gasteiger partial charge in [-0.1, -0.05) is 18.2 Å². The van der Waals surface area contributed by atoms with Crippen LogP contribution in [0, 0.1) is 5.92 Å². The van der Waals surface area contributed by atoms with Crippen LogP contribution in [0.1, 0.15) is 60.0 Å². The minimum Gasteiger partial charge on any atom is -1.00 e. The Bertz CT molecular complexity index is 898. The molecule has 1 aromatic rings. The number of carbonyl (C=O) groups excluding carboxylic acids is 1. The second kappa shape index (κ2) is 6.47. The molecule has 4 aliphatic rings. The van der Waals surface area contributed by atoms with Crippen LogP contribution in [0.15, 0.2) is 24.3 Å². The molecule has 3 fully saturated rings. The maximum Gasteiger partial charge on any atom is 0.252 e. The Kier molecular flexibility index (Phi) is 4.62. The molecule has 0 aromatic heterocycles. The van der Waals surface area contributed by atoms with Crippen LogP contribution in [-0.2, 0) is 11.8 Å². The van der Waals surface area contributed by atoms with Crippen LogP contribution < -0.4 is 18.1 Å². The van der Waals surface area contributed by atoms with Crippen LogP contribution in [0.2, 0.25) is 0 Å². The van der Waals surface area contributed by atoms with Gasteiger partial charge in [-0.05, 0) is 43.7 Å². The summed E-state index contributed by atoms with van der Waals surface area (Å²) in [5.41, 5.74) is 7.17. The second-order valence-corrected chi connectivity index (χ2v) is 10.1. The van der Waals surface area contributed by atoms with Crippen LogP contribution >= 0.6 is 0 Å². The number of hydrogen-bond donors (Lipinski definition) is 3. The molecular weight excluding hydrogens is 388 g/mol. The Hall–Kier alpha value is -1.56. The molecule has 1 aromatic carbocycles. The number of phenols is 1. The zero-order valence-corrected chi connectivity index (χ0v) is 17.8. The lowest BCUT2D eigenvalue weighted by atomic mass is 9.48. The average molecular weight is 419 g/mol. The number of piperidine rings is 1. The topological polar surface area (TPSA) is 83.5 Å². The Balaban J connectivity index is 0.00000205. The fourth-order valence-corrected chi connectivity index (χ4v) is 6.85. The van der Waals surface area contributed by atoms with E-state index in [2.05, 4.69) is 13.6 Å². The number of benzene rings is 1. The van der Waals surface area contributed by atoms with E-state index in [0.717, 1.165) is 59.5 Å². The van der Waals surface area contributed by atoms with E-state index < -0.39 is 16.9 Å². The van der Waals surface area contributed by atoms with E-state index in [1.54, 1.807) is 6.07 Å². The number of fused-ring (bicyclic) bond motifs is 1. The summed E-state index contributed by atoms with van der Waals surface area (Å²) in [6, 6.07) is 3.71. The van der Waals surface area contributed by atoms with E-state index in [1.165, 1.54) is 12.8 Å². The molecule has 3 aliphatic carbocycles. The normalized spacial score (nSPS) is 37.9. The summed E-state index contributed by atoms with van der Waals surface area (Å²) < 4.78 is 0.910. The first-order valence-electron chi connectivity index (χ1n) is 10.6. The highest BCUT2D eigenvalue weighted by Gasteiger charge is 2.69. The molecule has 4 atom stereocenters. The van der Waals surface area contributed by atoms with Crippen molar-refractivity contribution in [2.75, 3.05) is 20.1 Å². The fourth-order valence-electron chi connectivity index (χ4n) is 6.85. The number of nitrogens with two attached hydrogens (primary N) is 1. The zero-order chi connectivity index (χ0) is 19.9. The average Bonchev–Trinajstić information content (AvgIpc) is 3.43. The molecule has 2 bridgehead atoms. The van der Waals surface area contributed by atoms with E-state index >= 15 is 0 Å².